The molecule has 0 amide bonds. The van der Waals surface area contributed by atoms with Crippen molar-refractivity contribution in [1.82, 2.24) is 9.62 Å². The molecule has 122 valence electrons. The Hall–Kier alpha value is -0.950. The van der Waals surface area contributed by atoms with E-state index in [0.29, 0.717) is 30.6 Å². The number of nitrogens with zero attached hydrogens (tertiary/aromatic N) is 1. The second-order valence-corrected chi connectivity index (χ2v) is 7.78. The fourth-order valence-corrected chi connectivity index (χ4v) is 4.82. The Morgan fingerprint density at radius 3 is 2.82 bits per heavy atom. The van der Waals surface area contributed by atoms with Gasteiger partial charge in [0.1, 0.15) is 0 Å². The molecule has 22 heavy (non-hydrogen) atoms. The first kappa shape index (κ1) is 17.4. The minimum atomic E-state index is -3.50. The van der Waals surface area contributed by atoms with Gasteiger partial charge in [0.05, 0.1) is 4.90 Å². The van der Waals surface area contributed by atoms with Gasteiger partial charge in [0.2, 0.25) is 10.0 Å². The molecule has 5 nitrogen and oxygen atoms in total. The van der Waals surface area contributed by atoms with Gasteiger partial charge < -0.3 is 5.32 Å². The molecule has 2 aliphatic heterocycles. The van der Waals surface area contributed by atoms with Crippen LogP contribution in [0, 0.1) is 5.92 Å². The SMILES string of the molecule is CC(=O)c1cccc(S(=O)(=O)N2CCC3NCCC3C2)c1.Cl. The molecule has 2 fully saturated rings. The Morgan fingerprint density at radius 1 is 1.32 bits per heavy atom. The zero-order valence-electron chi connectivity index (χ0n) is 12.5. The molecule has 7 heteroatoms. The number of hydrogen-bond acceptors (Lipinski definition) is 4. The number of nitrogens with one attached hydrogen (secondary N) is 1. The second-order valence-electron chi connectivity index (χ2n) is 5.85. The molecule has 1 aromatic carbocycles. The Balaban J connectivity index is 0.00000176. The summed E-state index contributed by atoms with van der Waals surface area (Å²) >= 11 is 0. The van der Waals surface area contributed by atoms with Crippen molar-refractivity contribution in [2.24, 2.45) is 5.92 Å². The van der Waals surface area contributed by atoms with Gasteiger partial charge in [-0.25, -0.2) is 8.42 Å². The van der Waals surface area contributed by atoms with Gasteiger partial charge in [-0.15, -0.1) is 12.4 Å². The van der Waals surface area contributed by atoms with E-state index in [0.717, 1.165) is 19.4 Å². The maximum atomic E-state index is 12.7. The lowest BCUT2D eigenvalue weighted by atomic mass is 9.95. The van der Waals surface area contributed by atoms with Crippen LogP contribution in [0.5, 0.6) is 0 Å². The number of benzene rings is 1. The molecule has 0 spiro atoms. The fourth-order valence-electron chi connectivity index (χ4n) is 3.26. The van der Waals surface area contributed by atoms with E-state index >= 15 is 0 Å². The maximum Gasteiger partial charge on any atom is 0.243 e. The Bertz CT molecular complexity index is 663. The average Bonchev–Trinajstić information content (AvgIpc) is 2.94. The predicted octanol–water partition coefficient (Wildman–Crippen LogP) is 1.68. The van der Waals surface area contributed by atoms with E-state index in [1.165, 1.54) is 13.0 Å². The molecule has 1 aromatic rings. The summed E-state index contributed by atoms with van der Waals surface area (Å²) in [4.78, 5) is 11.7. The lowest BCUT2D eigenvalue weighted by molar-refractivity contribution is 0.101. The smallest absolute Gasteiger partial charge is 0.243 e. The molecule has 0 aromatic heterocycles. The van der Waals surface area contributed by atoms with Crippen LogP contribution < -0.4 is 5.32 Å². The third kappa shape index (κ3) is 3.20. The molecule has 0 radical (unpaired) electrons. The highest BCUT2D eigenvalue weighted by Gasteiger charge is 2.37. The average molecular weight is 345 g/mol. The monoisotopic (exact) mass is 344 g/mol. The van der Waals surface area contributed by atoms with Gasteiger partial charge >= 0.3 is 0 Å². The Morgan fingerprint density at radius 2 is 2.09 bits per heavy atom. The normalized spacial score (nSPS) is 25.3. The summed E-state index contributed by atoms with van der Waals surface area (Å²) in [6, 6.07) is 6.79. The van der Waals surface area contributed by atoms with Gasteiger partial charge in [-0.2, -0.15) is 4.31 Å². The first-order valence-corrected chi connectivity index (χ1v) is 8.77. The molecule has 2 atom stereocenters. The summed E-state index contributed by atoms with van der Waals surface area (Å²) in [6.45, 7) is 3.54. The minimum absolute atomic E-state index is 0. The van der Waals surface area contributed by atoms with Crippen molar-refractivity contribution >= 4 is 28.2 Å². The van der Waals surface area contributed by atoms with Crippen molar-refractivity contribution in [3.63, 3.8) is 0 Å². The van der Waals surface area contributed by atoms with Gasteiger partial charge in [0.25, 0.3) is 0 Å². The molecule has 2 heterocycles. The van der Waals surface area contributed by atoms with Crippen LogP contribution in [0.25, 0.3) is 0 Å². The third-order valence-electron chi connectivity index (χ3n) is 4.50. The number of fused-ring (bicyclic) bond motifs is 1. The van der Waals surface area contributed by atoms with E-state index in [2.05, 4.69) is 5.32 Å². The zero-order valence-corrected chi connectivity index (χ0v) is 14.1. The topological polar surface area (TPSA) is 66.5 Å². The summed E-state index contributed by atoms with van der Waals surface area (Å²) in [5.41, 5.74) is 0.438. The van der Waals surface area contributed by atoms with E-state index in [1.807, 2.05) is 0 Å². The number of carbonyl (C=O) groups is 1. The van der Waals surface area contributed by atoms with E-state index in [4.69, 9.17) is 0 Å². The Labute approximate surface area is 137 Å². The molecule has 3 rings (SSSR count). The summed E-state index contributed by atoms with van der Waals surface area (Å²) < 4.78 is 27.1. The molecule has 0 aliphatic carbocycles. The summed E-state index contributed by atoms with van der Waals surface area (Å²) in [5.74, 6) is 0.287. The Kier molecular flexibility index (Phi) is 5.27. The molecule has 2 saturated heterocycles. The highest BCUT2D eigenvalue weighted by Crippen LogP contribution is 2.28. The number of Topliss-reactive ketones (excluding diaryl/α,β-unsaturated/α-hetero) is 1. The van der Waals surface area contributed by atoms with Gasteiger partial charge in [-0.3, -0.25) is 4.79 Å². The molecular weight excluding hydrogens is 324 g/mol. The van der Waals surface area contributed by atoms with Crippen molar-refractivity contribution in [3.05, 3.63) is 29.8 Å². The highest BCUT2D eigenvalue weighted by molar-refractivity contribution is 7.89. The van der Waals surface area contributed by atoms with Crippen molar-refractivity contribution in [2.75, 3.05) is 19.6 Å². The van der Waals surface area contributed by atoms with E-state index in [1.54, 1.807) is 22.5 Å². The number of rotatable bonds is 3. The number of sulfonamides is 1. The second kappa shape index (κ2) is 6.66. The number of hydrogen-bond donors (Lipinski definition) is 1. The van der Waals surface area contributed by atoms with Gasteiger partial charge in [-0.05, 0) is 44.4 Å². The number of ketones is 1. The van der Waals surface area contributed by atoms with Crippen LogP contribution in [-0.4, -0.2) is 44.2 Å². The van der Waals surface area contributed by atoms with Gasteiger partial charge in [0.15, 0.2) is 5.78 Å². The highest BCUT2D eigenvalue weighted by atomic mass is 35.5. The van der Waals surface area contributed by atoms with Crippen LogP contribution in [-0.2, 0) is 10.0 Å². The van der Waals surface area contributed by atoms with Crippen molar-refractivity contribution in [3.8, 4) is 0 Å². The standard InChI is InChI=1S/C15H20N2O3S.ClH/c1-11(18)12-3-2-4-14(9-12)21(19,20)17-8-6-15-13(10-17)5-7-16-15;/h2-4,9,13,15-16H,5-8,10H2,1H3;1H. The predicted molar refractivity (Wildman–Crippen MR) is 87.0 cm³/mol. The molecule has 0 saturated carbocycles. The van der Waals surface area contributed by atoms with Crippen LogP contribution in [0.15, 0.2) is 29.2 Å². The quantitative estimate of drug-likeness (QED) is 0.847. The largest absolute Gasteiger partial charge is 0.314 e. The van der Waals surface area contributed by atoms with Crippen molar-refractivity contribution in [2.45, 2.75) is 30.7 Å². The summed E-state index contributed by atoms with van der Waals surface area (Å²) in [7, 11) is -3.50. The van der Waals surface area contributed by atoms with Gasteiger partial charge in [-0.1, -0.05) is 12.1 Å². The van der Waals surface area contributed by atoms with Crippen molar-refractivity contribution in [1.29, 1.82) is 0 Å². The van der Waals surface area contributed by atoms with Crippen LogP contribution in [0.1, 0.15) is 30.1 Å². The minimum Gasteiger partial charge on any atom is -0.314 e. The lowest BCUT2D eigenvalue weighted by Gasteiger charge is -2.34. The van der Waals surface area contributed by atoms with E-state index < -0.39 is 10.0 Å². The number of carbonyl (C=O) groups excluding carboxylic acids is 1. The number of halogens is 1. The summed E-state index contributed by atoms with van der Waals surface area (Å²) in [5, 5.41) is 3.43. The maximum absolute atomic E-state index is 12.7. The van der Waals surface area contributed by atoms with E-state index in [-0.39, 0.29) is 23.1 Å². The lowest BCUT2D eigenvalue weighted by Crippen LogP contribution is -2.46. The molecule has 2 unspecified atom stereocenters. The first-order chi connectivity index (χ1) is 9.98. The van der Waals surface area contributed by atoms with Gasteiger partial charge in [0, 0.05) is 24.7 Å². The number of piperidine rings is 1. The molecule has 0 bridgehead atoms. The fraction of sp³-hybridized carbons (Fsp3) is 0.533. The molecular formula is C15H21ClN2O3S. The van der Waals surface area contributed by atoms with E-state index in [9.17, 15) is 13.2 Å². The van der Waals surface area contributed by atoms with Crippen LogP contribution in [0.4, 0.5) is 0 Å². The van der Waals surface area contributed by atoms with Crippen LogP contribution in [0.3, 0.4) is 0 Å². The van der Waals surface area contributed by atoms with Crippen molar-refractivity contribution < 1.29 is 13.2 Å². The van der Waals surface area contributed by atoms with Crippen LogP contribution >= 0.6 is 12.4 Å². The zero-order chi connectivity index (χ0) is 15.0. The molecule has 1 N–H and O–H groups in total. The summed E-state index contributed by atoms with van der Waals surface area (Å²) in [6.07, 6.45) is 1.89. The first-order valence-electron chi connectivity index (χ1n) is 7.33. The van der Waals surface area contributed by atoms with Crippen LogP contribution in [0.2, 0.25) is 0 Å². The third-order valence-corrected chi connectivity index (χ3v) is 6.36. The molecule has 2 aliphatic rings.